The maximum atomic E-state index is 14.1. The molecule has 6 fully saturated rings. The fourth-order valence-electron chi connectivity index (χ4n) is 9.23. The molecule has 0 aromatic heterocycles. The van der Waals surface area contributed by atoms with Gasteiger partial charge in [-0.15, -0.1) is 0 Å². The Balaban J connectivity index is 1.36. The van der Waals surface area contributed by atoms with E-state index in [1.54, 1.807) is 0 Å². The van der Waals surface area contributed by atoms with Crippen molar-refractivity contribution in [2.45, 2.75) is 94.7 Å². The monoisotopic (exact) mass is 453 g/mol. The molecule has 178 valence electrons. The van der Waals surface area contributed by atoms with Crippen molar-refractivity contribution in [2.24, 2.45) is 23.2 Å². The van der Waals surface area contributed by atoms with Gasteiger partial charge in [0.15, 0.2) is 0 Å². The van der Waals surface area contributed by atoms with E-state index in [0.717, 1.165) is 31.3 Å². The lowest BCUT2D eigenvalue weighted by molar-refractivity contribution is -0.899. The Morgan fingerprint density at radius 1 is 1.21 bits per heavy atom. The predicted octanol–water partition coefficient (Wildman–Crippen LogP) is 1.10. The summed E-state index contributed by atoms with van der Waals surface area (Å²) in [7, 11) is 0. The van der Waals surface area contributed by atoms with E-state index in [1.165, 1.54) is 0 Å². The van der Waals surface area contributed by atoms with Crippen LogP contribution in [0.5, 0.6) is 0 Å². The summed E-state index contributed by atoms with van der Waals surface area (Å²) in [6, 6.07) is -0.273. The molecule has 7 heteroatoms. The van der Waals surface area contributed by atoms with E-state index in [1.807, 2.05) is 4.90 Å². The van der Waals surface area contributed by atoms with E-state index in [9.17, 15) is 14.8 Å². The molecule has 2 N–H and O–H groups in total. The number of ether oxygens (including phenoxy) is 1. The lowest BCUT2D eigenvalue weighted by atomic mass is 9.50. The van der Waals surface area contributed by atoms with E-state index in [0.29, 0.717) is 18.0 Å². The zero-order valence-corrected chi connectivity index (χ0v) is 20.0. The quantitative estimate of drug-likeness (QED) is 0.425. The minimum absolute atomic E-state index is 0.0115. The summed E-state index contributed by atoms with van der Waals surface area (Å²) in [5.41, 5.74) is -1.28. The number of hydrogen-bond donors (Lipinski definition) is 2. The number of piperazine rings is 1. The topological polar surface area (TPSA) is 86.1 Å². The fraction of sp³-hybridized carbons (Fsp3) is 0.769. The van der Waals surface area contributed by atoms with Gasteiger partial charge in [0.2, 0.25) is 5.91 Å². The van der Waals surface area contributed by atoms with E-state index >= 15 is 0 Å². The smallest absolute Gasteiger partial charge is 0.253 e. The molecule has 6 aliphatic heterocycles. The molecule has 9 atom stereocenters. The second kappa shape index (κ2) is 5.92. The summed E-state index contributed by atoms with van der Waals surface area (Å²) in [6.07, 6.45) is 10.6. The molecule has 33 heavy (non-hydrogen) atoms. The Bertz CT molecular complexity index is 1030. The van der Waals surface area contributed by atoms with Crippen LogP contribution in [0, 0.1) is 28.4 Å². The Kier molecular flexibility index (Phi) is 3.70. The molecule has 2 spiro atoms. The number of carbonyl (C=O) groups is 2. The Labute approximate surface area is 195 Å². The predicted molar refractivity (Wildman–Crippen MR) is 121 cm³/mol. The number of hydrogen-bond acceptors (Lipinski definition) is 4. The third-order valence-corrected chi connectivity index (χ3v) is 10.5. The largest absolute Gasteiger partial charge is 0.634 e. The summed E-state index contributed by atoms with van der Waals surface area (Å²) < 4.78 is 6.39. The van der Waals surface area contributed by atoms with Gasteiger partial charge in [0.1, 0.15) is 23.2 Å². The normalized spacial score (nSPS) is 52.3. The number of nitrogens with one attached hydrogen (secondary N) is 2. The number of piperidine rings is 2. The van der Waals surface area contributed by atoms with Crippen molar-refractivity contribution in [1.82, 2.24) is 10.2 Å². The summed E-state index contributed by atoms with van der Waals surface area (Å²) in [6.45, 7) is 9.18. The van der Waals surface area contributed by atoms with E-state index in [2.05, 4.69) is 51.2 Å². The summed E-state index contributed by atoms with van der Waals surface area (Å²) >= 11 is 0. The number of hydroxylamine groups is 2. The van der Waals surface area contributed by atoms with Crippen LogP contribution in [0.15, 0.2) is 23.8 Å². The Hall–Kier alpha value is -1.70. The minimum Gasteiger partial charge on any atom is -0.634 e. The van der Waals surface area contributed by atoms with Crippen LogP contribution in [-0.4, -0.2) is 58.1 Å². The number of amides is 2. The van der Waals surface area contributed by atoms with Gasteiger partial charge in [-0.1, -0.05) is 26.0 Å². The van der Waals surface area contributed by atoms with Crippen molar-refractivity contribution in [2.75, 3.05) is 6.54 Å². The van der Waals surface area contributed by atoms with Gasteiger partial charge in [0.05, 0.1) is 17.6 Å². The SMILES string of the molecule is CC1(C)C=CC2C(CCC3C4=CC56NC(=O)C7(CCCN7C5=O)CC6C(C)(C)C4[NH+]([O-])C32)O1. The molecule has 9 unspecified atom stereocenters. The van der Waals surface area contributed by atoms with Crippen molar-refractivity contribution in [3.05, 3.63) is 29.0 Å². The van der Waals surface area contributed by atoms with Gasteiger partial charge in [-0.3, -0.25) is 9.59 Å². The molecule has 7 nitrogen and oxygen atoms in total. The standard InChI is InChI=1S/C26H35N3O4/c1-23(2)10-8-15-17(33-23)7-6-14-16-12-26-18(24(3,4)20(16)29(32)19(14)15)13-25(21(30)27-26)9-5-11-28(25)22(26)31/h8,10,12,14-15,17-20,29H,5-7,9,11,13H2,1-4H3,(H,27,30). The van der Waals surface area contributed by atoms with Crippen molar-refractivity contribution in [1.29, 1.82) is 0 Å². The maximum Gasteiger partial charge on any atom is 0.253 e. The lowest BCUT2D eigenvalue weighted by Gasteiger charge is -2.64. The highest BCUT2D eigenvalue weighted by Gasteiger charge is 2.75. The molecule has 5 saturated heterocycles. The molecule has 0 radical (unpaired) electrons. The molecule has 1 saturated carbocycles. The number of rotatable bonds is 0. The third kappa shape index (κ3) is 2.23. The van der Waals surface area contributed by atoms with Gasteiger partial charge in [-0.25, -0.2) is 0 Å². The average molecular weight is 454 g/mol. The first-order chi connectivity index (χ1) is 15.5. The Morgan fingerprint density at radius 3 is 2.79 bits per heavy atom. The third-order valence-electron chi connectivity index (χ3n) is 10.5. The van der Waals surface area contributed by atoms with Gasteiger partial charge in [-0.05, 0) is 57.6 Å². The van der Waals surface area contributed by atoms with E-state index in [-0.39, 0.29) is 53.4 Å². The van der Waals surface area contributed by atoms with Crippen molar-refractivity contribution in [3.8, 4) is 0 Å². The van der Waals surface area contributed by atoms with Crippen molar-refractivity contribution >= 4 is 11.8 Å². The molecule has 2 aliphatic carbocycles. The molecule has 0 aromatic carbocycles. The van der Waals surface area contributed by atoms with Gasteiger partial charge in [0, 0.05) is 23.8 Å². The van der Waals surface area contributed by atoms with Crippen LogP contribution in [-0.2, 0) is 14.3 Å². The van der Waals surface area contributed by atoms with Gasteiger partial charge >= 0.3 is 0 Å². The average Bonchev–Trinajstić information content (AvgIpc) is 3.29. The molecule has 8 aliphatic rings. The zero-order valence-electron chi connectivity index (χ0n) is 20.0. The van der Waals surface area contributed by atoms with Gasteiger partial charge in [-0.2, -0.15) is 0 Å². The Morgan fingerprint density at radius 2 is 2.00 bits per heavy atom. The molecular weight excluding hydrogens is 418 g/mol. The zero-order chi connectivity index (χ0) is 23.1. The molecule has 0 aromatic rings. The van der Waals surface area contributed by atoms with Crippen LogP contribution in [0.2, 0.25) is 0 Å². The lowest BCUT2D eigenvalue weighted by Crippen LogP contribution is -3.16. The first-order valence-electron chi connectivity index (χ1n) is 12.8. The number of carbonyl (C=O) groups excluding carboxylic acids is 2. The summed E-state index contributed by atoms with van der Waals surface area (Å²) in [4.78, 5) is 29.1. The maximum absolute atomic E-state index is 14.1. The molecule has 2 amide bonds. The number of quaternary nitrogens is 1. The van der Waals surface area contributed by atoms with Gasteiger partial charge < -0.3 is 25.2 Å². The van der Waals surface area contributed by atoms with Crippen LogP contribution < -0.4 is 10.4 Å². The first-order valence-corrected chi connectivity index (χ1v) is 12.8. The number of fused-ring (bicyclic) bond motifs is 6. The molecule has 8 rings (SSSR count). The van der Waals surface area contributed by atoms with Gasteiger partial charge in [0.25, 0.3) is 5.91 Å². The van der Waals surface area contributed by atoms with Crippen LogP contribution in [0.4, 0.5) is 0 Å². The first kappa shape index (κ1) is 20.7. The van der Waals surface area contributed by atoms with Crippen LogP contribution >= 0.6 is 0 Å². The van der Waals surface area contributed by atoms with Crippen LogP contribution in [0.25, 0.3) is 0 Å². The van der Waals surface area contributed by atoms with Crippen LogP contribution in [0.1, 0.15) is 59.8 Å². The second-order valence-corrected chi connectivity index (χ2v) is 12.9. The van der Waals surface area contributed by atoms with Crippen molar-refractivity contribution in [3.63, 3.8) is 0 Å². The highest BCUT2D eigenvalue weighted by Crippen LogP contribution is 2.60. The van der Waals surface area contributed by atoms with Crippen molar-refractivity contribution < 1.29 is 19.4 Å². The summed E-state index contributed by atoms with van der Waals surface area (Å²) in [5.74, 6) is 0.230. The molecular formula is C26H35N3O4. The highest BCUT2D eigenvalue weighted by molar-refractivity contribution is 6.06. The van der Waals surface area contributed by atoms with E-state index < -0.39 is 16.5 Å². The summed E-state index contributed by atoms with van der Waals surface area (Å²) in [5, 5.41) is 17.7. The van der Waals surface area contributed by atoms with Crippen LogP contribution in [0.3, 0.4) is 0 Å². The number of nitrogens with zero attached hydrogens (tertiary/aromatic N) is 1. The van der Waals surface area contributed by atoms with E-state index in [4.69, 9.17) is 4.74 Å². The molecule has 2 bridgehead atoms. The molecule has 6 heterocycles. The highest BCUT2D eigenvalue weighted by atomic mass is 16.5. The second-order valence-electron chi connectivity index (χ2n) is 12.9. The minimum atomic E-state index is -0.995. The fourth-order valence-corrected chi connectivity index (χ4v) is 9.23.